The van der Waals surface area contributed by atoms with Crippen molar-refractivity contribution in [2.24, 2.45) is 0 Å². The molecular weight excluding hydrogens is 365 g/mol. The van der Waals surface area contributed by atoms with E-state index in [4.69, 9.17) is 14.2 Å². The smallest absolute Gasteiger partial charge is 0.417 e. The van der Waals surface area contributed by atoms with Gasteiger partial charge in [0.15, 0.2) is 11.5 Å². The second-order valence-corrected chi connectivity index (χ2v) is 6.23. The van der Waals surface area contributed by atoms with Gasteiger partial charge in [-0.1, -0.05) is 12.1 Å². The maximum absolute atomic E-state index is 12.5. The zero-order valence-electron chi connectivity index (χ0n) is 14.0. The highest BCUT2D eigenvalue weighted by Crippen LogP contribution is 2.32. The third-order valence-corrected chi connectivity index (χ3v) is 4.29. The van der Waals surface area contributed by atoms with Crippen LogP contribution in [0.4, 0.5) is 13.2 Å². The molecule has 9 heteroatoms. The molecule has 0 aliphatic carbocycles. The van der Waals surface area contributed by atoms with Crippen LogP contribution in [0.2, 0.25) is 0 Å². The number of halogens is 3. The summed E-state index contributed by atoms with van der Waals surface area (Å²) in [5.74, 6) is 0.986. The normalized spacial score (nSPS) is 19.4. The molecule has 1 unspecified atom stereocenters. The predicted molar refractivity (Wildman–Crippen MR) is 86.6 cm³/mol. The van der Waals surface area contributed by atoms with Crippen molar-refractivity contribution in [2.45, 2.75) is 18.4 Å². The summed E-state index contributed by atoms with van der Waals surface area (Å²) in [4.78, 5) is 17.7. The first kappa shape index (κ1) is 17.4. The standard InChI is InChI=1S/C18H15F3N2O4/c19-18(20,21)11-5-6-16(22-7-11)26-12-8-23(9-12)17(24)15-10-25-13-3-1-2-4-14(13)27-15/h1-7,12,15H,8-10H2. The molecule has 0 radical (unpaired) electrons. The van der Waals surface area contributed by atoms with Crippen LogP contribution in [0.15, 0.2) is 42.6 Å². The number of likely N-dealkylation sites (tertiary alicyclic amines) is 1. The predicted octanol–water partition coefficient (Wildman–Crippen LogP) is 2.53. The Morgan fingerprint density at radius 2 is 1.89 bits per heavy atom. The molecule has 3 heterocycles. The Morgan fingerprint density at radius 3 is 2.56 bits per heavy atom. The number of rotatable bonds is 3. The zero-order valence-corrected chi connectivity index (χ0v) is 14.0. The quantitative estimate of drug-likeness (QED) is 0.819. The summed E-state index contributed by atoms with van der Waals surface area (Å²) in [6.45, 7) is 0.740. The highest BCUT2D eigenvalue weighted by molar-refractivity contribution is 5.82. The van der Waals surface area contributed by atoms with Crippen LogP contribution in [-0.2, 0) is 11.0 Å². The number of para-hydroxylation sites is 2. The SMILES string of the molecule is O=C(C1COc2ccccc2O1)N1CC(Oc2ccc(C(F)(F)F)cn2)C1. The van der Waals surface area contributed by atoms with E-state index in [0.717, 1.165) is 12.3 Å². The van der Waals surface area contributed by atoms with Crippen LogP contribution in [0.3, 0.4) is 0 Å². The summed E-state index contributed by atoms with van der Waals surface area (Å²) >= 11 is 0. The van der Waals surface area contributed by atoms with Gasteiger partial charge in [0.05, 0.1) is 18.7 Å². The lowest BCUT2D eigenvalue weighted by atomic mass is 10.1. The molecule has 0 bridgehead atoms. The van der Waals surface area contributed by atoms with Gasteiger partial charge in [-0.3, -0.25) is 4.79 Å². The van der Waals surface area contributed by atoms with Gasteiger partial charge in [-0.2, -0.15) is 13.2 Å². The molecule has 1 fully saturated rings. The zero-order chi connectivity index (χ0) is 19.0. The van der Waals surface area contributed by atoms with Crippen LogP contribution in [0.5, 0.6) is 17.4 Å². The number of aromatic nitrogens is 1. The third kappa shape index (κ3) is 3.62. The number of hydrogen-bond acceptors (Lipinski definition) is 5. The molecule has 1 aromatic carbocycles. The Labute approximate surface area is 152 Å². The van der Waals surface area contributed by atoms with Crippen molar-refractivity contribution < 1.29 is 32.2 Å². The van der Waals surface area contributed by atoms with Gasteiger partial charge in [0.2, 0.25) is 12.0 Å². The van der Waals surface area contributed by atoms with Gasteiger partial charge in [0.1, 0.15) is 12.7 Å². The van der Waals surface area contributed by atoms with E-state index < -0.39 is 17.8 Å². The van der Waals surface area contributed by atoms with Crippen LogP contribution in [-0.4, -0.2) is 47.7 Å². The number of carbonyl (C=O) groups excluding carboxylic acids is 1. The molecule has 2 aliphatic rings. The lowest BCUT2D eigenvalue weighted by Gasteiger charge is -2.40. The van der Waals surface area contributed by atoms with Crippen molar-refractivity contribution in [3.8, 4) is 17.4 Å². The molecule has 0 saturated carbocycles. The number of carbonyl (C=O) groups is 1. The molecule has 1 atom stereocenters. The number of fused-ring (bicyclic) bond motifs is 1. The number of nitrogens with zero attached hydrogens (tertiary/aromatic N) is 2. The van der Waals surface area contributed by atoms with Crippen molar-refractivity contribution in [3.05, 3.63) is 48.2 Å². The van der Waals surface area contributed by atoms with E-state index in [1.54, 1.807) is 23.1 Å². The number of amides is 1. The lowest BCUT2D eigenvalue weighted by Crippen LogP contribution is -2.60. The topological polar surface area (TPSA) is 60.9 Å². The van der Waals surface area contributed by atoms with Gasteiger partial charge < -0.3 is 19.1 Å². The van der Waals surface area contributed by atoms with Crippen molar-refractivity contribution in [3.63, 3.8) is 0 Å². The monoisotopic (exact) mass is 380 g/mol. The number of benzene rings is 1. The molecule has 27 heavy (non-hydrogen) atoms. The average Bonchev–Trinajstić information content (AvgIpc) is 2.63. The van der Waals surface area contributed by atoms with Crippen LogP contribution in [0.1, 0.15) is 5.56 Å². The van der Waals surface area contributed by atoms with Gasteiger partial charge in [-0.05, 0) is 18.2 Å². The molecule has 2 aliphatic heterocycles. The molecule has 142 valence electrons. The van der Waals surface area contributed by atoms with Crippen molar-refractivity contribution in [1.82, 2.24) is 9.88 Å². The molecule has 2 aromatic rings. The van der Waals surface area contributed by atoms with E-state index in [9.17, 15) is 18.0 Å². The van der Waals surface area contributed by atoms with Gasteiger partial charge >= 0.3 is 6.18 Å². The fraction of sp³-hybridized carbons (Fsp3) is 0.333. The molecule has 4 rings (SSSR count). The molecule has 1 saturated heterocycles. The largest absolute Gasteiger partial charge is 0.485 e. The molecular formula is C18H15F3N2O4. The molecule has 0 spiro atoms. The molecule has 6 nitrogen and oxygen atoms in total. The maximum atomic E-state index is 12.5. The molecule has 1 amide bonds. The van der Waals surface area contributed by atoms with E-state index in [0.29, 0.717) is 24.6 Å². The minimum Gasteiger partial charge on any atom is -0.485 e. The average molecular weight is 380 g/mol. The van der Waals surface area contributed by atoms with Crippen LogP contribution in [0, 0.1) is 0 Å². The minimum atomic E-state index is -4.44. The number of alkyl halides is 3. The maximum Gasteiger partial charge on any atom is 0.417 e. The summed E-state index contributed by atoms with van der Waals surface area (Å²) in [5.41, 5.74) is -0.838. The van der Waals surface area contributed by atoms with Crippen LogP contribution in [0.25, 0.3) is 0 Å². The second kappa shape index (κ2) is 6.64. The summed E-state index contributed by atoms with van der Waals surface area (Å²) in [7, 11) is 0. The first-order valence-corrected chi connectivity index (χ1v) is 8.27. The highest BCUT2D eigenvalue weighted by atomic mass is 19.4. The summed E-state index contributed by atoms with van der Waals surface area (Å²) < 4.78 is 54.3. The lowest BCUT2D eigenvalue weighted by molar-refractivity contribution is -0.150. The van der Waals surface area contributed by atoms with E-state index in [-0.39, 0.29) is 24.5 Å². The van der Waals surface area contributed by atoms with E-state index in [1.807, 2.05) is 6.07 Å². The molecule has 1 aromatic heterocycles. The van der Waals surface area contributed by atoms with Crippen LogP contribution < -0.4 is 14.2 Å². The Bertz CT molecular complexity index is 835. The minimum absolute atomic E-state index is 0.0891. The summed E-state index contributed by atoms with van der Waals surface area (Å²) in [6.07, 6.45) is -4.77. The van der Waals surface area contributed by atoms with Gasteiger partial charge in [0, 0.05) is 12.3 Å². The van der Waals surface area contributed by atoms with E-state index in [2.05, 4.69) is 4.98 Å². The third-order valence-electron chi connectivity index (χ3n) is 4.29. The number of ether oxygens (including phenoxy) is 3. The fourth-order valence-electron chi connectivity index (χ4n) is 2.83. The van der Waals surface area contributed by atoms with Gasteiger partial charge in [-0.15, -0.1) is 0 Å². The van der Waals surface area contributed by atoms with Crippen molar-refractivity contribution in [2.75, 3.05) is 19.7 Å². The fourth-order valence-corrected chi connectivity index (χ4v) is 2.83. The van der Waals surface area contributed by atoms with Crippen molar-refractivity contribution in [1.29, 1.82) is 0 Å². The summed E-state index contributed by atoms with van der Waals surface area (Å²) in [5, 5.41) is 0. The Morgan fingerprint density at radius 1 is 1.15 bits per heavy atom. The number of pyridine rings is 1. The van der Waals surface area contributed by atoms with Gasteiger partial charge in [-0.25, -0.2) is 4.98 Å². The van der Waals surface area contributed by atoms with E-state index in [1.165, 1.54) is 6.07 Å². The second-order valence-electron chi connectivity index (χ2n) is 6.23. The molecule has 0 N–H and O–H groups in total. The summed E-state index contributed by atoms with van der Waals surface area (Å²) in [6, 6.07) is 9.18. The Balaban J connectivity index is 1.29. The van der Waals surface area contributed by atoms with E-state index >= 15 is 0 Å². The van der Waals surface area contributed by atoms with Crippen LogP contribution >= 0.6 is 0 Å². The highest BCUT2D eigenvalue weighted by Gasteiger charge is 2.39. The van der Waals surface area contributed by atoms with Crippen molar-refractivity contribution >= 4 is 5.91 Å². The Hall–Kier alpha value is -2.97. The first-order chi connectivity index (χ1) is 12.9. The Kier molecular flexibility index (Phi) is 4.29. The van der Waals surface area contributed by atoms with Gasteiger partial charge in [0.25, 0.3) is 5.91 Å². The first-order valence-electron chi connectivity index (χ1n) is 8.27. The number of hydrogen-bond donors (Lipinski definition) is 0.